The van der Waals surface area contributed by atoms with Crippen LogP contribution in [0.1, 0.15) is 66.3 Å². The molecule has 5 aliphatic rings. The summed E-state index contributed by atoms with van der Waals surface area (Å²) in [5.74, 6) is -34.7. The van der Waals surface area contributed by atoms with Gasteiger partial charge in [0.2, 0.25) is 17.5 Å². The molecular weight excluding hydrogens is 1790 g/mol. The molecule has 1 aliphatic carbocycles. The molecule has 0 saturated heterocycles. The number of thioether (sulfide) groups is 3. The second kappa shape index (κ2) is 35.0. The van der Waals surface area contributed by atoms with Gasteiger partial charge in [-0.25, -0.2) is 85.8 Å². The average molecular weight is 1850 g/mol. The Bertz CT molecular complexity index is 7620. The van der Waals surface area contributed by atoms with Crippen LogP contribution in [0, 0.1) is 87.3 Å². The van der Waals surface area contributed by atoms with Gasteiger partial charge in [-0.2, -0.15) is 0 Å². The number of benzene rings is 8. The maximum absolute atomic E-state index is 17.0. The molecule has 0 amide bonds. The number of H-pyrrole nitrogens is 4. The molecule has 14 nitrogen and oxygen atoms in total. The van der Waals surface area contributed by atoms with Crippen molar-refractivity contribution in [1.29, 1.82) is 0 Å². The minimum Gasteiger partial charge on any atom is -0.493 e. The highest BCUT2D eigenvalue weighted by molar-refractivity contribution is 8.14. The Hall–Kier alpha value is -14.6. The molecule has 0 fully saturated rings. The topological polar surface area (TPSA) is 194 Å². The largest absolute Gasteiger partial charge is 0.493 e. The lowest BCUT2D eigenvalue weighted by Crippen LogP contribution is -2.06. The highest BCUT2D eigenvalue weighted by atomic mass is 32.2. The molecule has 0 spiro atoms. The summed E-state index contributed by atoms with van der Waals surface area (Å²) >= 11 is 3.39. The van der Waals surface area contributed by atoms with E-state index in [1.165, 1.54) is 32.9 Å². The normalized spacial score (nSPS) is 12.3. The standard InChI is InChI=1S/C100H59F15N8O6S3/c1-44(124)130-41-38-127-50-16-10-47(11-17-50)73-57-22-24-59(116-57)74(48-12-18-51(19-13-48)128-39-42-131-45(2)125)61-26-28-63(118-61)78(64-29-27-62(119-64)75(60-25-23-58(73)117-60)49-14-20-52(21-15-49)129-40-43-132-46(3)126)55-8-4-6-53-54-7-5-9-56(77(54)76(53)55)79-65-30-32-67(120-65)80(83-86(101)92(107)98(113)93(108)87(83)102)69-34-36-71(122-69)82(85-90(105)96(111)100(115)97(112)91(85)106)72-37-35-70(123-72)81(68-33-31-66(79)121-68)84-88(103)94(109)99(114)95(110)89(84)104/h4-37,116,119-120,123H,38-43H2,1-3H3. The molecule has 16 bridgehead atoms. The van der Waals surface area contributed by atoms with Crippen LogP contribution in [-0.2, 0) is 14.4 Å². The zero-order chi connectivity index (χ0) is 92.1. The third-order valence-corrected chi connectivity index (χ3v) is 24.8. The fourth-order valence-electron chi connectivity index (χ4n) is 16.8. The van der Waals surface area contributed by atoms with Gasteiger partial charge in [0.1, 0.15) is 17.2 Å². The van der Waals surface area contributed by atoms with Crippen LogP contribution in [-0.4, -0.2) is 92.3 Å². The molecule has 10 heterocycles. The van der Waals surface area contributed by atoms with Crippen molar-refractivity contribution in [2.45, 2.75) is 20.8 Å². The molecule has 0 radical (unpaired) electrons. The smallest absolute Gasteiger partial charge is 0.200 e. The molecule has 132 heavy (non-hydrogen) atoms. The van der Waals surface area contributed by atoms with Gasteiger partial charge in [-0.15, -0.1) is 0 Å². The second-order valence-corrected chi connectivity index (χ2v) is 34.3. The highest BCUT2D eigenvalue weighted by Gasteiger charge is 2.37. The number of carbonyl (C=O) groups excluding carboxylic acids is 3. The Kier molecular flexibility index (Phi) is 23.0. The first-order valence-electron chi connectivity index (χ1n) is 40.4. The van der Waals surface area contributed by atoms with Crippen LogP contribution < -0.4 is 14.2 Å². The van der Waals surface area contributed by atoms with Crippen LogP contribution in [0.25, 0.3) is 204 Å². The molecule has 0 unspecified atom stereocenters. The zero-order valence-corrected chi connectivity index (χ0v) is 71.0. The van der Waals surface area contributed by atoms with E-state index in [1.54, 1.807) is 42.5 Å². The van der Waals surface area contributed by atoms with E-state index in [0.717, 1.165) is 77.3 Å². The molecule has 4 N–H and O–H groups in total. The van der Waals surface area contributed by atoms with Gasteiger partial charge in [-0.3, -0.25) is 14.4 Å². The van der Waals surface area contributed by atoms with Crippen LogP contribution in [0.15, 0.2) is 158 Å². The van der Waals surface area contributed by atoms with Crippen LogP contribution in [0.4, 0.5) is 65.9 Å². The first-order chi connectivity index (χ1) is 63.7. The van der Waals surface area contributed by atoms with Gasteiger partial charge in [0, 0.05) is 127 Å². The number of halogens is 15. The SMILES string of the molecule is CC(=O)SCCOc1ccc(-c2c3nc(c(-c4ccc(OCCSC(C)=O)cc4)c4ccc([nH]4)c(-c4cccc5c4-c4c-5cccc4-c4c5nc(c(-c6c(F)c(F)c(F)c(F)c6F)c6ccc([nH]6)c(-c6c(F)c(F)c(F)c(F)c6F)c6nc(c(-c7c(F)c(F)c(F)c(F)c7F)c7ccc4[nH]7)C=C6)C=C5)c4nc(c(-c5ccc(OCCSC(C)=O)cc5)c5ccc2[nH]5)C=C4)C=C3)cc1. The summed E-state index contributed by atoms with van der Waals surface area (Å²) in [4.78, 5) is 69.1. The summed E-state index contributed by atoms with van der Waals surface area (Å²) in [6.45, 7) is 5.13. The van der Waals surface area contributed by atoms with E-state index in [-0.39, 0.29) is 57.5 Å². The predicted octanol–water partition coefficient (Wildman–Crippen LogP) is 26.7. The van der Waals surface area contributed by atoms with E-state index in [2.05, 4.69) is 24.9 Å². The second-order valence-electron chi connectivity index (χ2n) is 30.4. The Morgan fingerprint density at radius 2 is 0.432 bits per heavy atom. The number of aromatic amines is 4. The highest BCUT2D eigenvalue weighted by Crippen LogP contribution is 2.58. The summed E-state index contributed by atoms with van der Waals surface area (Å²) in [7, 11) is 0. The zero-order valence-electron chi connectivity index (χ0n) is 68.5. The van der Waals surface area contributed by atoms with Gasteiger partial charge in [-0.1, -0.05) is 108 Å². The molecule has 14 aromatic rings. The van der Waals surface area contributed by atoms with Crippen molar-refractivity contribution >= 4 is 143 Å². The Morgan fingerprint density at radius 3 is 0.667 bits per heavy atom. The molecule has 658 valence electrons. The van der Waals surface area contributed by atoms with Gasteiger partial charge in [0.25, 0.3) is 0 Å². The predicted molar refractivity (Wildman–Crippen MR) is 484 cm³/mol. The molecule has 4 aliphatic heterocycles. The first kappa shape index (κ1) is 86.7. The monoisotopic (exact) mass is 1850 g/mol. The minimum atomic E-state index is -2.65. The lowest BCUT2D eigenvalue weighted by molar-refractivity contribution is -0.109. The molecule has 6 aromatic heterocycles. The van der Waals surface area contributed by atoms with Gasteiger partial charge < -0.3 is 34.1 Å². The third-order valence-electron chi connectivity index (χ3n) is 22.5. The van der Waals surface area contributed by atoms with Crippen molar-refractivity contribution in [2.75, 3.05) is 37.1 Å². The Labute approximate surface area is 750 Å². The summed E-state index contributed by atoms with van der Waals surface area (Å²) in [6, 6.07) is 44.4. The van der Waals surface area contributed by atoms with Gasteiger partial charge >= 0.3 is 0 Å². The fraction of sp³-hybridized carbons (Fsp3) is 0.0900. The third kappa shape index (κ3) is 15.5. The molecule has 32 heteroatoms. The van der Waals surface area contributed by atoms with E-state index >= 15 is 61.5 Å². The Balaban J connectivity index is 0.890. The average Bonchev–Trinajstić information content (AvgIpc) is 1.26. The van der Waals surface area contributed by atoms with Crippen molar-refractivity contribution in [2.24, 2.45) is 0 Å². The van der Waals surface area contributed by atoms with Crippen LogP contribution in [0.2, 0.25) is 0 Å². The number of nitrogens with zero attached hydrogens (tertiary/aromatic N) is 4. The molecular formula is C100H59F15N8O6S3. The summed E-state index contributed by atoms with van der Waals surface area (Å²) in [5.41, 5.74) is -1.59. The Morgan fingerprint density at radius 1 is 0.235 bits per heavy atom. The number of hydrogen-bond donors (Lipinski definition) is 4. The summed E-state index contributed by atoms with van der Waals surface area (Å²) < 4.78 is 260. The quantitative estimate of drug-likeness (QED) is 0.0244. The maximum atomic E-state index is 17.0. The van der Waals surface area contributed by atoms with Crippen molar-refractivity contribution in [1.82, 2.24) is 39.9 Å². The first-order valence-corrected chi connectivity index (χ1v) is 43.4. The number of carbonyl (C=O) groups is 3. The van der Waals surface area contributed by atoms with E-state index in [4.69, 9.17) is 29.2 Å². The van der Waals surface area contributed by atoms with Gasteiger partial charge in [-0.05, 0) is 184 Å². The summed E-state index contributed by atoms with van der Waals surface area (Å²) in [6.07, 6.45) is 11.5. The molecule has 0 atom stereocenters. The van der Waals surface area contributed by atoms with Crippen molar-refractivity contribution in [3.05, 3.63) is 291 Å². The fourth-order valence-corrected chi connectivity index (χ4v) is 18.1. The molecule has 8 aromatic carbocycles. The van der Waals surface area contributed by atoms with Crippen molar-refractivity contribution in [3.63, 3.8) is 0 Å². The van der Waals surface area contributed by atoms with Crippen molar-refractivity contribution in [3.8, 4) is 129 Å². The van der Waals surface area contributed by atoms with Crippen molar-refractivity contribution < 1.29 is 94.5 Å². The van der Waals surface area contributed by atoms with Crippen LogP contribution in [0.5, 0.6) is 17.2 Å². The van der Waals surface area contributed by atoms with Gasteiger partial charge in [0.15, 0.2) is 85.2 Å². The van der Waals surface area contributed by atoms with Crippen LogP contribution >= 0.6 is 35.3 Å². The number of hydrogen-bond acceptors (Lipinski definition) is 13. The lowest BCUT2D eigenvalue weighted by Gasteiger charge is -2.30. The number of rotatable bonds is 20. The maximum Gasteiger partial charge on any atom is 0.200 e. The number of fused-ring (bicyclic) bond motifs is 20. The van der Waals surface area contributed by atoms with Crippen LogP contribution in [0.3, 0.4) is 0 Å². The summed E-state index contributed by atoms with van der Waals surface area (Å²) in [5, 5.41) is -0.185. The molecule has 19 rings (SSSR count). The molecule has 0 saturated carbocycles. The van der Waals surface area contributed by atoms with E-state index in [0.29, 0.717) is 141 Å². The lowest BCUT2D eigenvalue weighted by atomic mass is 9.73. The number of nitrogens with one attached hydrogen (secondary N) is 4. The number of aromatic nitrogens is 8. The van der Waals surface area contributed by atoms with Gasteiger partial charge in [0.05, 0.1) is 82.1 Å². The minimum absolute atomic E-state index is 0.0409. The number of ether oxygens (including phenoxy) is 3. The van der Waals surface area contributed by atoms with E-state index in [1.807, 2.05) is 115 Å². The van der Waals surface area contributed by atoms with E-state index < -0.39 is 154 Å². The van der Waals surface area contributed by atoms with E-state index in [9.17, 15) is 18.8 Å².